The van der Waals surface area contributed by atoms with Gasteiger partial charge in [0.15, 0.2) is 0 Å². The molecule has 7 heteroatoms. The highest BCUT2D eigenvalue weighted by Gasteiger charge is 2.15. The van der Waals surface area contributed by atoms with Crippen LogP contribution in [0.3, 0.4) is 0 Å². The van der Waals surface area contributed by atoms with E-state index in [0.717, 1.165) is 5.56 Å². The van der Waals surface area contributed by atoms with Crippen LogP contribution in [0.5, 0.6) is 0 Å². The van der Waals surface area contributed by atoms with Crippen LogP contribution in [0, 0.1) is 11.3 Å². The summed E-state index contributed by atoms with van der Waals surface area (Å²) in [7, 11) is 1.82. The van der Waals surface area contributed by atoms with Crippen molar-refractivity contribution in [3.63, 3.8) is 0 Å². The monoisotopic (exact) mass is 336 g/mol. The highest BCUT2D eigenvalue weighted by molar-refractivity contribution is 6.42. The van der Waals surface area contributed by atoms with E-state index in [1.165, 1.54) is 0 Å². The minimum atomic E-state index is -0.754. The molecule has 5 nitrogen and oxygen atoms in total. The van der Waals surface area contributed by atoms with Gasteiger partial charge in [0.25, 0.3) is 0 Å². The van der Waals surface area contributed by atoms with E-state index in [9.17, 15) is 10.1 Å². The Balaban J connectivity index is 1.96. The van der Waals surface area contributed by atoms with Crippen LogP contribution in [0.2, 0.25) is 10.0 Å². The Kier molecular flexibility index (Phi) is 5.42. The number of halogens is 2. The largest absolute Gasteiger partial charge is 0.337 e. The average Bonchev–Trinajstić information content (AvgIpc) is 2.91. The first-order valence-corrected chi connectivity index (χ1v) is 7.36. The van der Waals surface area contributed by atoms with Gasteiger partial charge < -0.3 is 5.32 Å². The molecule has 0 aliphatic carbocycles. The molecule has 1 N–H and O–H groups in total. The summed E-state index contributed by atoms with van der Waals surface area (Å²) in [6, 6.07) is 6.15. The molecule has 0 saturated heterocycles. The van der Waals surface area contributed by atoms with Crippen LogP contribution in [0.25, 0.3) is 0 Å². The van der Waals surface area contributed by atoms with Gasteiger partial charge in [-0.05, 0) is 29.7 Å². The number of nitrogens with zero attached hydrogens (tertiary/aromatic N) is 3. The molecule has 0 radical (unpaired) electrons. The van der Waals surface area contributed by atoms with Gasteiger partial charge in [0.05, 0.1) is 22.3 Å². The lowest BCUT2D eigenvalue weighted by atomic mass is 10.1. The Morgan fingerprint density at radius 1 is 1.45 bits per heavy atom. The van der Waals surface area contributed by atoms with Crippen LogP contribution in [0.15, 0.2) is 30.6 Å². The summed E-state index contributed by atoms with van der Waals surface area (Å²) >= 11 is 11.8. The number of nitriles is 1. The predicted molar refractivity (Wildman–Crippen MR) is 84.5 cm³/mol. The number of carbonyl (C=O) groups excluding carboxylic acids is 1. The number of carbonyl (C=O) groups is 1. The molecule has 0 aliphatic heterocycles. The van der Waals surface area contributed by atoms with Crippen molar-refractivity contribution in [2.75, 3.05) is 0 Å². The summed E-state index contributed by atoms with van der Waals surface area (Å²) in [5.41, 5.74) is 1.58. The van der Waals surface area contributed by atoms with Gasteiger partial charge in [-0.25, -0.2) is 0 Å². The van der Waals surface area contributed by atoms with Gasteiger partial charge in [-0.3, -0.25) is 9.48 Å². The van der Waals surface area contributed by atoms with Gasteiger partial charge in [-0.15, -0.1) is 0 Å². The topological polar surface area (TPSA) is 70.7 Å². The lowest BCUT2D eigenvalue weighted by molar-refractivity contribution is -0.121. The summed E-state index contributed by atoms with van der Waals surface area (Å²) in [5.74, 6) is -0.207. The summed E-state index contributed by atoms with van der Waals surface area (Å²) in [5, 5.41) is 16.7. The second-order valence-electron chi connectivity index (χ2n) is 4.83. The van der Waals surface area contributed by atoms with Crippen LogP contribution in [-0.4, -0.2) is 15.7 Å². The molecule has 1 heterocycles. The SMILES string of the molecule is Cn1cc(CCC(=O)N[C@H](C#N)c2ccc(Cl)c(Cl)c2)cn1. The minimum absolute atomic E-state index is 0.207. The standard InChI is InChI=1S/C15H14Cl2N4O/c1-21-9-10(8-19-21)2-5-15(22)20-14(7-18)11-3-4-12(16)13(17)6-11/h3-4,6,8-9,14H,2,5H2,1H3,(H,20,22)/t14-/m1/s1. The van der Waals surface area contributed by atoms with Gasteiger partial charge >= 0.3 is 0 Å². The minimum Gasteiger partial charge on any atom is -0.337 e. The van der Waals surface area contributed by atoms with Gasteiger partial charge in [0.1, 0.15) is 6.04 Å². The third-order valence-electron chi connectivity index (χ3n) is 3.11. The first-order chi connectivity index (χ1) is 10.5. The van der Waals surface area contributed by atoms with Gasteiger partial charge in [-0.2, -0.15) is 10.4 Å². The maximum absolute atomic E-state index is 12.0. The molecule has 114 valence electrons. The molecule has 0 fully saturated rings. The Labute approximate surface area is 138 Å². The van der Waals surface area contributed by atoms with E-state index in [1.807, 2.05) is 19.3 Å². The van der Waals surface area contributed by atoms with Crippen molar-refractivity contribution in [3.05, 3.63) is 51.8 Å². The fourth-order valence-electron chi connectivity index (χ4n) is 1.97. The summed E-state index contributed by atoms with van der Waals surface area (Å²) < 4.78 is 1.68. The zero-order valence-corrected chi connectivity index (χ0v) is 13.4. The lowest BCUT2D eigenvalue weighted by Gasteiger charge is -2.12. The van der Waals surface area contributed by atoms with Gasteiger partial charge in [-0.1, -0.05) is 29.3 Å². The number of nitrogens with one attached hydrogen (secondary N) is 1. The molecule has 1 amide bonds. The number of aryl methyl sites for hydroxylation is 2. The van der Waals surface area contributed by atoms with Crippen LogP contribution in [-0.2, 0) is 18.3 Å². The maximum atomic E-state index is 12.0. The van der Waals surface area contributed by atoms with Crippen molar-refractivity contribution >= 4 is 29.1 Å². The Hall–Kier alpha value is -2.03. The molecule has 0 spiro atoms. The van der Waals surface area contributed by atoms with Crippen LogP contribution < -0.4 is 5.32 Å². The zero-order chi connectivity index (χ0) is 16.1. The lowest BCUT2D eigenvalue weighted by Crippen LogP contribution is -2.27. The fraction of sp³-hybridized carbons (Fsp3) is 0.267. The first kappa shape index (κ1) is 16.3. The van der Waals surface area contributed by atoms with E-state index in [-0.39, 0.29) is 12.3 Å². The molecule has 22 heavy (non-hydrogen) atoms. The Bertz CT molecular complexity index is 721. The van der Waals surface area contributed by atoms with E-state index < -0.39 is 6.04 Å². The smallest absolute Gasteiger partial charge is 0.221 e. The molecule has 1 aromatic carbocycles. The summed E-state index contributed by atoms with van der Waals surface area (Å²) in [4.78, 5) is 12.0. The molecule has 2 aromatic rings. The molecule has 0 unspecified atom stereocenters. The third-order valence-corrected chi connectivity index (χ3v) is 3.85. The van der Waals surface area contributed by atoms with E-state index in [4.69, 9.17) is 23.2 Å². The molecule has 1 atom stereocenters. The molecular formula is C15H14Cl2N4O. The predicted octanol–water partition coefficient (Wildman–Crippen LogP) is 3.04. The van der Waals surface area contributed by atoms with Crippen molar-refractivity contribution in [1.29, 1.82) is 5.26 Å². The number of rotatable bonds is 5. The molecule has 0 aliphatic rings. The van der Waals surface area contributed by atoms with Crippen LogP contribution >= 0.6 is 23.2 Å². The summed E-state index contributed by atoms with van der Waals surface area (Å²) in [6.07, 6.45) is 4.42. The Morgan fingerprint density at radius 2 is 2.23 bits per heavy atom. The fourth-order valence-corrected chi connectivity index (χ4v) is 2.28. The molecule has 0 bridgehead atoms. The first-order valence-electron chi connectivity index (χ1n) is 6.61. The van der Waals surface area contributed by atoms with Crippen molar-refractivity contribution in [2.24, 2.45) is 7.05 Å². The van der Waals surface area contributed by atoms with Crippen molar-refractivity contribution in [3.8, 4) is 6.07 Å². The molecular weight excluding hydrogens is 323 g/mol. The van der Waals surface area contributed by atoms with E-state index in [1.54, 1.807) is 29.1 Å². The second-order valence-corrected chi connectivity index (χ2v) is 5.64. The van der Waals surface area contributed by atoms with E-state index in [2.05, 4.69) is 10.4 Å². The van der Waals surface area contributed by atoms with Crippen molar-refractivity contribution < 1.29 is 4.79 Å². The van der Waals surface area contributed by atoms with E-state index in [0.29, 0.717) is 22.0 Å². The van der Waals surface area contributed by atoms with Crippen LogP contribution in [0.4, 0.5) is 0 Å². The van der Waals surface area contributed by atoms with Gasteiger partial charge in [0.2, 0.25) is 5.91 Å². The third kappa shape index (κ3) is 4.23. The quantitative estimate of drug-likeness (QED) is 0.912. The van der Waals surface area contributed by atoms with Crippen molar-refractivity contribution in [1.82, 2.24) is 15.1 Å². The Morgan fingerprint density at radius 3 is 2.82 bits per heavy atom. The zero-order valence-electron chi connectivity index (χ0n) is 11.9. The molecule has 1 aromatic heterocycles. The number of hydrogen-bond acceptors (Lipinski definition) is 3. The normalized spacial score (nSPS) is 11.7. The number of aromatic nitrogens is 2. The second kappa shape index (κ2) is 7.30. The maximum Gasteiger partial charge on any atom is 0.221 e. The average molecular weight is 337 g/mol. The highest BCUT2D eigenvalue weighted by Crippen LogP contribution is 2.25. The number of benzene rings is 1. The van der Waals surface area contributed by atoms with Crippen LogP contribution in [0.1, 0.15) is 23.6 Å². The molecule has 0 saturated carbocycles. The summed E-state index contributed by atoms with van der Waals surface area (Å²) in [6.45, 7) is 0. The van der Waals surface area contributed by atoms with E-state index >= 15 is 0 Å². The van der Waals surface area contributed by atoms with Gasteiger partial charge in [0, 0.05) is 19.7 Å². The number of hydrogen-bond donors (Lipinski definition) is 1. The number of amides is 1. The van der Waals surface area contributed by atoms with Crippen molar-refractivity contribution in [2.45, 2.75) is 18.9 Å². The molecule has 2 rings (SSSR count). The highest BCUT2D eigenvalue weighted by atomic mass is 35.5.